The van der Waals surface area contributed by atoms with Crippen molar-refractivity contribution in [3.8, 4) is 0 Å². The topological polar surface area (TPSA) is 114 Å². The van der Waals surface area contributed by atoms with Crippen LogP contribution in [0.25, 0.3) is 4.85 Å². The standard InChI is InChI=1S/C37H52BN5O7/c1-35(2,43-17-15-41(16-18-43)34(46)47-7)22-28(39-6)32(44)42-14-13-26(23-42)24-48-33(45)40-31(19-25-11-9-8-10-12-25)38-49-30-21-27-20-29(36(27,3)4)37(30,5)50-38/h8-12,22,26-27,29-31H,13-21,23-24H2,1-5,7H3,(H,40,45)/t26-,27-,29-,30+,31-,37-/m0/s1. The van der Waals surface area contributed by atoms with Crippen LogP contribution >= 0.6 is 0 Å². The summed E-state index contributed by atoms with van der Waals surface area (Å²) in [4.78, 5) is 47.7. The molecule has 0 radical (unpaired) electrons. The summed E-state index contributed by atoms with van der Waals surface area (Å²) in [5.74, 6) is 0.238. The minimum atomic E-state index is -0.590. The van der Waals surface area contributed by atoms with Crippen LogP contribution < -0.4 is 5.32 Å². The highest BCUT2D eigenvalue weighted by Gasteiger charge is 2.68. The second-order valence-corrected chi connectivity index (χ2v) is 16.0. The first kappa shape index (κ1) is 36.2. The Kier molecular flexibility index (Phi) is 10.3. The predicted octanol–water partition coefficient (Wildman–Crippen LogP) is 4.41. The van der Waals surface area contributed by atoms with Gasteiger partial charge in [-0.25, -0.2) is 14.4 Å². The maximum atomic E-state index is 13.5. The first-order chi connectivity index (χ1) is 23.7. The SMILES string of the molecule is [C-]#[N+]C(=CC(C)(C)N1CCN(C(=O)OC)CC1)C(=O)N1CC[C@H](COC(=O)N[C@@H](Cc2ccccc2)B2O[C@@H]3C[C@@H]4C[C@@H](C4(C)C)[C@]3(C)O2)C1. The van der Waals surface area contributed by atoms with Crippen LogP contribution in [0.4, 0.5) is 9.59 Å². The summed E-state index contributed by atoms with van der Waals surface area (Å²) in [6, 6.07) is 10.0. The molecule has 1 N–H and O–H groups in total. The van der Waals surface area contributed by atoms with Gasteiger partial charge in [0.15, 0.2) is 0 Å². The number of carbonyl (C=O) groups is 3. The number of amides is 3. The Hall–Kier alpha value is -3.60. The van der Waals surface area contributed by atoms with Gasteiger partial charge in [0.25, 0.3) is 5.91 Å². The van der Waals surface area contributed by atoms with Crippen LogP contribution in [-0.4, -0.2) is 116 Å². The monoisotopic (exact) mass is 689 g/mol. The Bertz CT molecular complexity index is 1510. The molecule has 2 bridgehead atoms. The number of piperazine rings is 1. The van der Waals surface area contributed by atoms with Gasteiger partial charge in [0, 0.05) is 50.7 Å². The fourth-order valence-electron chi connectivity index (χ4n) is 9.02. The van der Waals surface area contributed by atoms with Crippen molar-refractivity contribution in [2.45, 2.75) is 83.5 Å². The number of methoxy groups -OCH3 is 1. The van der Waals surface area contributed by atoms with Gasteiger partial charge in [0.1, 0.15) is 0 Å². The molecule has 13 heteroatoms. The van der Waals surface area contributed by atoms with E-state index < -0.39 is 30.3 Å². The van der Waals surface area contributed by atoms with Crippen molar-refractivity contribution in [2.24, 2.45) is 23.2 Å². The van der Waals surface area contributed by atoms with E-state index in [0.717, 1.165) is 18.4 Å². The lowest BCUT2D eigenvalue weighted by Crippen LogP contribution is -2.65. The molecular formula is C37H52BN5O7. The minimum Gasteiger partial charge on any atom is -0.453 e. The van der Waals surface area contributed by atoms with Gasteiger partial charge >= 0.3 is 19.3 Å². The second-order valence-electron chi connectivity index (χ2n) is 16.0. The third-order valence-corrected chi connectivity index (χ3v) is 12.3. The average molecular weight is 690 g/mol. The Morgan fingerprint density at radius 2 is 1.82 bits per heavy atom. The van der Waals surface area contributed by atoms with E-state index >= 15 is 0 Å². The number of alkyl carbamates (subject to hydrolysis) is 1. The zero-order valence-corrected chi connectivity index (χ0v) is 30.4. The van der Waals surface area contributed by atoms with Crippen LogP contribution in [0.1, 0.15) is 59.4 Å². The van der Waals surface area contributed by atoms with Crippen LogP contribution in [0.5, 0.6) is 0 Å². The van der Waals surface area contributed by atoms with E-state index in [1.165, 1.54) is 7.11 Å². The van der Waals surface area contributed by atoms with Crippen LogP contribution in [0.2, 0.25) is 0 Å². The molecule has 1 aromatic carbocycles. The van der Waals surface area contributed by atoms with Gasteiger partial charge in [0.05, 0.1) is 37.9 Å². The van der Waals surface area contributed by atoms with Crippen LogP contribution in [0, 0.1) is 29.7 Å². The van der Waals surface area contributed by atoms with Crippen molar-refractivity contribution in [2.75, 3.05) is 53.0 Å². The van der Waals surface area contributed by atoms with Crippen LogP contribution in [0.15, 0.2) is 42.1 Å². The zero-order valence-electron chi connectivity index (χ0n) is 30.4. The lowest BCUT2D eigenvalue weighted by molar-refractivity contribution is -0.199. The van der Waals surface area contributed by atoms with Crippen molar-refractivity contribution in [1.29, 1.82) is 0 Å². The minimum absolute atomic E-state index is 0.000801. The molecule has 3 amide bonds. The summed E-state index contributed by atoms with van der Waals surface area (Å²) in [5.41, 5.74) is 0.393. The molecule has 0 spiro atoms. The highest BCUT2D eigenvalue weighted by molar-refractivity contribution is 6.47. The maximum absolute atomic E-state index is 13.5. The number of benzene rings is 1. The maximum Gasteiger partial charge on any atom is 0.482 e. The summed E-state index contributed by atoms with van der Waals surface area (Å²) in [7, 11) is 0.780. The summed E-state index contributed by atoms with van der Waals surface area (Å²) in [6.45, 7) is 21.8. The first-order valence-electron chi connectivity index (χ1n) is 18.0. The number of hydrogen-bond acceptors (Lipinski definition) is 8. The molecule has 6 fully saturated rings. The van der Waals surface area contributed by atoms with Gasteiger partial charge in [-0.2, -0.15) is 0 Å². The predicted molar refractivity (Wildman–Crippen MR) is 188 cm³/mol. The summed E-state index contributed by atoms with van der Waals surface area (Å²) < 4.78 is 23.9. The van der Waals surface area contributed by atoms with Gasteiger partial charge in [-0.3, -0.25) is 9.69 Å². The van der Waals surface area contributed by atoms with E-state index in [4.69, 9.17) is 25.4 Å². The quantitative estimate of drug-likeness (QED) is 0.231. The highest BCUT2D eigenvalue weighted by atomic mass is 16.7. The van der Waals surface area contributed by atoms with E-state index in [0.29, 0.717) is 63.9 Å². The third kappa shape index (κ3) is 7.12. The molecule has 0 aromatic heterocycles. The van der Waals surface area contributed by atoms with E-state index in [1.54, 1.807) is 15.9 Å². The zero-order chi connectivity index (χ0) is 35.8. The largest absolute Gasteiger partial charge is 0.482 e. The summed E-state index contributed by atoms with van der Waals surface area (Å²) in [6.07, 6.45) is 4.16. The summed E-state index contributed by atoms with van der Waals surface area (Å²) in [5, 5.41) is 3.06. The number of carbonyl (C=O) groups excluding carboxylic acids is 3. The van der Waals surface area contributed by atoms with Gasteiger partial charge in [-0.15, -0.1) is 0 Å². The Morgan fingerprint density at radius 3 is 2.48 bits per heavy atom. The fraction of sp³-hybridized carbons (Fsp3) is 0.676. The van der Waals surface area contributed by atoms with E-state index in [9.17, 15) is 14.4 Å². The van der Waals surface area contributed by atoms with Gasteiger partial charge < -0.3 is 33.9 Å². The number of likely N-dealkylation sites (tertiary alicyclic amines) is 1. The van der Waals surface area contributed by atoms with Crippen LogP contribution in [0.3, 0.4) is 0 Å². The van der Waals surface area contributed by atoms with Crippen molar-refractivity contribution >= 4 is 25.2 Å². The molecule has 3 aliphatic heterocycles. The molecule has 7 rings (SSSR count). The molecule has 0 unspecified atom stereocenters. The molecule has 270 valence electrons. The molecule has 1 aromatic rings. The molecule has 6 aliphatic rings. The molecular weight excluding hydrogens is 637 g/mol. The lowest BCUT2D eigenvalue weighted by Gasteiger charge is -2.64. The average Bonchev–Trinajstić information content (AvgIpc) is 3.73. The molecule has 12 nitrogen and oxygen atoms in total. The normalized spacial score (nSPS) is 29.8. The number of hydrogen-bond donors (Lipinski definition) is 1. The smallest absolute Gasteiger partial charge is 0.453 e. The Morgan fingerprint density at radius 1 is 1.10 bits per heavy atom. The highest BCUT2D eigenvalue weighted by Crippen LogP contribution is 2.65. The second kappa shape index (κ2) is 14.2. The Balaban J connectivity index is 1.03. The van der Waals surface area contributed by atoms with E-state index in [2.05, 4.69) is 35.8 Å². The molecule has 3 heterocycles. The fourth-order valence-corrected chi connectivity index (χ4v) is 9.02. The van der Waals surface area contributed by atoms with E-state index in [1.807, 2.05) is 44.2 Å². The van der Waals surface area contributed by atoms with E-state index in [-0.39, 0.29) is 41.7 Å². The van der Waals surface area contributed by atoms with Crippen molar-refractivity contribution in [1.82, 2.24) is 20.0 Å². The number of nitrogens with one attached hydrogen (secondary N) is 1. The van der Waals surface area contributed by atoms with Gasteiger partial charge in [0.2, 0.25) is 5.70 Å². The lowest BCUT2D eigenvalue weighted by atomic mass is 9.43. The van der Waals surface area contributed by atoms with Crippen molar-refractivity contribution < 1.29 is 33.2 Å². The Labute approximate surface area is 296 Å². The van der Waals surface area contributed by atoms with Gasteiger partial charge in [-0.1, -0.05) is 50.3 Å². The molecule has 6 atom stereocenters. The number of nitrogens with zero attached hydrogens (tertiary/aromatic N) is 4. The third-order valence-electron chi connectivity index (χ3n) is 12.3. The molecule has 50 heavy (non-hydrogen) atoms. The number of ether oxygens (including phenoxy) is 2. The van der Waals surface area contributed by atoms with Crippen LogP contribution in [-0.2, 0) is 30.0 Å². The number of rotatable bonds is 9. The van der Waals surface area contributed by atoms with Crippen molar-refractivity contribution in [3.63, 3.8) is 0 Å². The molecule has 3 saturated heterocycles. The van der Waals surface area contributed by atoms with Crippen molar-refractivity contribution in [3.05, 3.63) is 59.1 Å². The molecule has 3 saturated carbocycles. The first-order valence-corrected chi connectivity index (χ1v) is 18.0. The van der Waals surface area contributed by atoms with Gasteiger partial charge in [-0.05, 0) is 69.3 Å². The molecule has 3 aliphatic carbocycles. The summed E-state index contributed by atoms with van der Waals surface area (Å²) >= 11 is 0.